The average Bonchev–Trinajstić information content (AvgIpc) is 2.53. The summed E-state index contributed by atoms with van der Waals surface area (Å²) >= 11 is 0. The third kappa shape index (κ3) is 3.99. The van der Waals surface area contributed by atoms with Crippen LogP contribution < -0.4 is 10.6 Å². The van der Waals surface area contributed by atoms with Gasteiger partial charge in [0.25, 0.3) is 5.91 Å². The first-order chi connectivity index (χ1) is 10.2. The van der Waals surface area contributed by atoms with Crippen LogP contribution in [0.5, 0.6) is 0 Å². The lowest BCUT2D eigenvalue weighted by Crippen LogP contribution is -2.40. The van der Waals surface area contributed by atoms with E-state index in [1.165, 1.54) is 32.1 Å². The van der Waals surface area contributed by atoms with Crippen LogP contribution in [0.3, 0.4) is 0 Å². The van der Waals surface area contributed by atoms with Gasteiger partial charge in [-0.2, -0.15) is 0 Å². The molecule has 0 aromatic heterocycles. The zero-order chi connectivity index (χ0) is 15.2. The van der Waals surface area contributed by atoms with Crippen molar-refractivity contribution in [3.63, 3.8) is 0 Å². The zero-order valence-electron chi connectivity index (χ0n) is 13.5. The Hall–Kier alpha value is -1.51. The van der Waals surface area contributed by atoms with Crippen LogP contribution in [0.1, 0.15) is 61.4 Å². The lowest BCUT2D eigenvalue weighted by atomic mass is 9.83. The first-order valence-corrected chi connectivity index (χ1v) is 8.25. The summed E-state index contributed by atoms with van der Waals surface area (Å²) in [7, 11) is 1.86. The maximum absolute atomic E-state index is 12.6. The van der Waals surface area contributed by atoms with E-state index in [0.717, 1.165) is 23.2 Å². The summed E-state index contributed by atoms with van der Waals surface area (Å²) in [5.41, 5.74) is 2.77. The number of aryl methyl sites for hydroxylation is 1. The number of anilines is 1. The van der Waals surface area contributed by atoms with Gasteiger partial charge in [0.15, 0.2) is 0 Å². The SMILES string of the molecule is CCC(NC(=O)c1cc(C)ccc1NC)C1CCCCC1. The molecule has 1 amide bonds. The summed E-state index contributed by atoms with van der Waals surface area (Å²) in [5, 5.41) is 6.39. The van der Waals surface area contributed by atoms with Gasteiger partial charge in [0.05, 0.1) is 5.56 Å². The maximum atomic E-state index is 12.6. The van der Waals surface area contributed by atoms with Crippen molar-refractivity contribution in [1.82, 2.24) is 5.32 Å². The van der Waals surface area contributed by atoms with Crippen molar-refractivity contribution in [2.24, 2.45) is 5.92 Å². The van der Waals surface area contributed by atoms with Crippen LogP contribution >= 0.6 is 0 Å². The van der Waals surface area contributed by atoms with Crippen LogP contribution in [-0.4, -0.2) is 19.0 Å². The summed E-state index contributed by atoms with van der Waals surface area (Å²) in [6, 6.07) is 6.28. The van der Waals surface area contributed by atoms with Gasteiger partial charge < -0.3 is 10.6 Å². The van der Waals surface area contributed by atoms with Crippen molar-refractivity contribution in [2.45, 2.75) is 58.4 Å². The second kappa shape index (κ2) is 7.48. The van der Waals surface area contributed by atoms with Crippen molar-refractivity contribution in [3.8, 4) is 0 Å². The van der Waals surface area contributed by atoms with E-state index in [2.05, 4.69) is 17.6 Å². The number of hydrogen-bond acceptors (Lipinski definition) is 2. The number of nitrogens with one attached hydrogen (secondary N) is 2. The second-order valence-corrected chi connectivity index (χ2v) is 6.19. The highest BCUT2D eigenvalue weighted by Crippen LogP contribution is 2.28. The first kappa shape index (κ1) is 15.9. The van der Waals surface area contributed by atoms with Crippen molar-refractivity contribution in [2.75, 3.05) is 12.4 Å². The number of carbonyl (C=O) groups excluding carboxylic acids is 1. The van der Waals surface area contributed by atoms with E-state index in [4.69, 9.17) is 0 Å². The molecule has 1 aromatic carbocycles. The van der Waals surface area contributed by atoms with Crippen LogP contribution in [0.4, 0.5) is 5.69 Å². The summed E-state index contributed by atoms with van der Waals surface area (Å²) in [5.74, 6) is 0.705. The lowest BCUT2D eigenvalue weighted by Gasteiger charge is -2.30. The molecule has 21 heavy (non-hydrogen) atoms. The fourth-order valence-corrected chi connectivity index (χ4v) is 3.40. The largest absolute Gasteiger partial charge is 0.387 e. The Morgan fingerprint density at radius 2 is 2.00 bits per heavy atom. The van der Waals surface area contributed by atoms with Crippen LogP contribution in [0.25, 0.3) is 0 Å². The fourth-order valence-electron chi connectivity index (χ4n) is 3.40. The van der Waals surface area contributed by atoms with Gasteiger partial charge in [-0.25, -0.2) is 0 Å². The molecule has 2 N–H and O–H groups in total. The number of rotatable bonds is 5. The molecule has 1 fully saturated rings. The highest BCUT2D eigenvalue weighted by Gasteiger charge is 2.24. The molecule has 0 bridgehead atoms. The molecule has 2 rings (SSSR count). The van der Waals surface area contributed by atoms with Gasteiger partial charge in [-0.1, -0.05) is 37.8 Å². The van der Waals surface area contributed by atoms with Crippen LogP contribution in [-0.2, 0) is 0 Å². The molecule has 0 radical (unpaired) electrons. The summed E-state index contributed by atoms with van der Waals surface area (Å²) in [6.45, 7) is 4.20. The molecule has 0 aliphatic heterocycles. The molecule has 0 saturated heterocycles. The normalized spacial score (nSPS) is 17.3. The van der Waals surface area contributed by atoms with Gasteiger partial charge in [0, 0.05) is 18.8 Å². The number of benzene rings is 1. The number of amides is 1. The fraction of sp³-hybridized carbons (Fsp3) is 0.611. The van der Waals surface area contributed by atoms with E-state index in [-0.39, 0.29) is 5.91 Å². The highest BCUT2D eigenvalue weighted by molar-refractivity contribution is 6.00. The molecular formula is C18H28N2O. The second-order valence-electron chi connectivity index (χ2n) is 6.19. The van der Waals surface area contributed by atoms with Crippen molar-refractivity contribution in [1.29, 1.82) is 0 Å². The Kier molecular flexibility index (Phi) is 5.66. The van der Waals surface area contributed by atoms with Gasteiger partial charge in [-0.3, -0.25) is 4.79 Å². The molecule has 1 unspecified atom stereocenters. The highest BCUT2D eigenvalue weighted by atomic mass is 16.1. The molecule has 3 nitrogen and oxygen atoms in total. The maximum Gasteiger partial charge on any atom is 0.253 e. The molecule has 1 atom stereocenters. The van der Waals surface area contributed by atoms with Gasteiger partial charge in [-0.05, 0) is 44.2 Å². The Morgan fingerprint density at radius 3 is 2.62 bits per heavy atom. The van der Waals surface area contributed by atoms with Gasteiger partial charge in [-0.15, -0.1) is 0 Å². The van der Waals surface area contributed by atoms with Crippen molar-refractivity contribution >= 4 is 11.6 Å². The standard InChI is InChI=1S/C18H28N2O/c1-4-16(14-8-6-5-7-9-14)20-18(21)15-12-13(2)10-11-17(15)19-3/h10-12,14,16,19H,4-9H2,1-3H3,(H,20,21). The third-order valence-corrected chi connectivity index (χ3v) is 4.66. The molecular weight excluding hydrogens is 260 g/mol. The van der Waals surface area contributed by atoms with E-state index in [0.29, 0.717) is 12.0 Å². The lowest BCUT2D eigenvalue weighted by molar-refractivity contribution is 0.0912. The first-order valence-electron chi connectivity index (χ1n) is 8.25. The molecule has 3 heteroatoms. The van der Waals surface area contributed by atoms with Gasteiger partial charge >= 0.3 is 0 Å². The summed E-state index contributed by atoms with van der Waals surface area (Å²) in [4.78, 5) is 12.6. The molecule has 1 aliphatic rings. The van der Waals surface area contributed by atoms with E-state index in [1.807, 2.05) is 32.2 Å². The quantitative estimate of drug-likeness (QED) is 0.855. The van der Waals surface area contributed by atoms with Gasteiger partial charge in [0.2, 0.25) is 0 Å². The molecule has 0 spiro atoms. The number of hydrogen-bond donors (Lipinski definition) is 2. The van der Waals surface area contributed by atoms with E-state index < -0.39 is 0 Å². The van der Waals surface area contributed by atoms with Crippen LogP contribution in [0, 0.1) is 12.8 Å². The minimum Gasteiger partial charge on any atom is -0.387 e. The zero-order valence-corrected chi connectivity index (χ0v) is 13.5. The van der Waals surface area contributed by atoms with Crippen LogP contribution in [0.2, 0.25) is 0 Å². The smallest absolute Gasteiger partial charge is 0.253 e. The molecule has 1 saturated carbocycles. The summed E-state index contributed by atoms with van der Waals surface area (Å²) < 4.78 is 0. The van der Waals surface area contributed by atoms with Crippen molar-refractivity contribution in [3.05, 3.63) is 29.3 Å². The van der Waals surface area contributed by atoms with Crippen molar-refractivity contribution < 1.29 is 4.79 Å². The Bertz CT molecular complexity index is 478. The molecule has 116 valence electrons. The average molecular weight is 288 g/mol. The minimum absolute atomic E-state index is 0.0560. The Balaban J connectivity index is 2.10. The van der Waals surface area contributed by atoms with E-state index in [1.54, 1.807) is 0 Å². The number of carbonyl (C=O) groups is 1. The molecule has 1 aliphatic carbocycles. The Morgan fingerprint density at radius 1 is 1.29 bits per heavy atom. The van der Waals surface area contributed by atoms with E-state index >= 15 is 0 Å². The molecule has 1 aromatic rings. The van der Waals surface area contributed by atoms with E-state index in [9.17, 15) is 4.79 Å². The Labute approximate surface area is 128 Å². The predicted molar refractivity (Wildman–Crippen MR) is 88.8 cm³/mol. The molecule has 0 heterocycles. The predicted octanol–water partition coefficient (Wildman–Crippen LogP) is 4.13. The van der Waals surface area contributed by atoms with Gasteiger partial charge in [0.1, 0.15) is 0 Å². The minimum atomic E-state index is 0.0560. The summed E-state index contributed by atoms with van der Waals surface area (Å²) in [6.07, 6.45) is 7.49. The monoisotopic (exact) mass is 288 g/mol. The topological polar surface area (TPSA) is 41.1 Å². The van der Waals surface area contributed by atoms with Crippen LogP contribution in [0.15, 0.2) is 18.2 Å². The third-order valence-electron chi connectivity index (χ3n) is 4.66.